The van der Waals surface area contributed by atoms with Crippen LogP contribution in [0.2, 0.25) is 0 Å². The van der Waals surface area contributed by atoms with Gasteiger partial charge in [-0.2, -0.15) is 5.26 Å². The maximum atomic E-state index is 14.0. The van der Waals surface area contributed by atoms with Crippen molar-refractivity contribution in [3.8, 4) is 6.07 Å². The summed E-state index contributed by atoms with van der Waals surface area (Å²) in [5.41, 5.74) is 0.777. The summed E-state index contributed by atoms with van der Waals surface area (Å²) >= 11 is 3.12. The van der Waals surface area contributed by atoms with E-state index in [9.17, 15) is 4.39 Å². The highest BCUT2D eigenvalue weighted by atomic mass is 79.9. The molecule has 90 valence electrons. The van der Waals surface area contributed by atoms with E-state index in [0.29, 0.717) is 11.3 Å². The van der Waals surface area contributed by atoms with Gasteiger partial charge in [0.1, 0.15) is 6.07 Å². The smallest absolute Gasteiger partial charge is 0.161 e. The van der Waals surface area contributed by atoms with Gasteiger partial charge in [-0.1, -0.05) is 12.8 Å². The van der Waals surface area contributed by atoms with Gasteiger partial charge in [0.15, 0.2) is 5.82 Å². The lowest BCUT2D eigenvalue weighted by Crippen LogP contribution is -2.31. The number of nitriles is 1. The Bertz CT molecular complexity index is 473. The largest absolute Gasteiger partial charge is 0.377 e. The number of rotatable bonds is 2. The second kappa shape index (κ2) is 4.66. The summed E-state index contributed by atoms with van der Waals surface area (Å²) in [6.07, 6.45) is 4.49. The number of anilines is 1. The molecule has 1 aromatic carbocycles. The molecule has 1 fully saturated rings. The summed E-state index contributed by atoms with van der Waals surface area (Å²) < 4.78 is 14.3. The lowest BCUT2D eigenvalue weighted by Gasteiger charge is -2.27. The van der Waals surface area contributed by atoms with Gasteiger partial charge in [-0.3, -0.25) is 0 Å². The SMILES string of the molecule is CC1(Nc2ccc(C#N)c(Br)c2F)CCCC1. The Labute approximate surface area is 109 Å². The minimum atomic E-state index is -0.378. The average molecular weight is 297 g/mol. The molecule has 0 heterocycles. The molecule has 1 aromatic rings. The first-order valence-corrected chi connectivity index (χ1v) is 6.51. The van der Waals surface area contributed by atoms with Gasteiger partial charge >= 0.3 is 0 Å². The molecule has 1 aliphatic rings. The highest BCUT2D eigenvalue weighted by Gasteiger charge is 2.29. The Hall–Kier alpha value is -1.08. The summed E-state index contributed by atoms with van der Waals surface area (Å²) in [4.78, 5) is 0. The third-order valence-electron chi connectivity index (χ3n) is 3.35. The molecule has 0 bridgehead atoms. The summed E-state index contributed by atoms with van der Waals surface area (Å²) in [6.45, 7) is 2.12. The number of hydrogen-bond acceptors (Lipinski definition) is 2. The fourth-order valence-corrected chi connectivity index (χ4v) is 2.77. The summed E-state index contributed by atoms with van der Waals surface area (Å²) in [7, 11) is 0. The quantitative estimate of drug-likeness (QED) is 0.887. The average Bonchev–Trinajstić information content (AvgIpc) is 2.72. The van der Waals surface area contributed by atoms with Crippen molar-refractivity contribution in [1.29, 1.82) is 5.26 Å². The Kier molecular flexibility index (Phi) is 3.39. The van der Waals surface area contributed by atoms with Gasteiger partial charge in [0.25, 0.3) is 0 Å². The first-order chi connectivity index (χ1) is 8.06. The number of hydrogen-bond donors (Lipinski definition) is 1. The van der Waals surface area contributed by atoms with Crippen LogP contribution in [0.4, 0.5) is 10.1 Å². The number of nitrogens with zero attached hydrogens (tertiary/aromatic N) is 1. The van der Waals surface area contributed by atoms with Crippen molar-refractivity contribution in [3.05, 3.63) is 28.0 Å². The van der Waals surface area contributed by atoms with Crippen molar-refractivity contribution in [1.82, 2.24) is 0 Å². The fraction of sp³-hybridized carbons (Fsp3) is 0.462. The molecule has 0 aromatic heterocycles. The van der Waals surface area contributed by atoms with Gasteiger partial charge in [-0.15, -0.1) is 0 Å². The van der Waals surface area contributed by atoms with Crippen LogP contribution in [0.5, 0.6) is 0 Å². The molecule has 2 nitrogen and oxygen atoms in total. The highest BCUT2D eigenvalue weighted by Crippen LogP contribution is 2.35. The van der Waals surface area contributed by atoms with Crippen LogP contribution in [0.1, 0.15) is 38.2 Å². The van der Waals surface area contributed by atoms with Gasteiger partial charge in [0.2, 0.25) is 0 Å². The van der Waals surface area contributed by atoms with E-state index >= 15 is 0 Å². The van der Waals surface area contributed by atoms with E-state index in [1.807, 2.05) is 6.07 Å². The first-order valence-electron chi connectivity index (χ1n) is 5.72. The molecule has 0 atom stereocenters. The molecular weight excluding hydrogens is 283 g/mol. The first kappa shape index (κ1) is 12.4. The molecule has 0 saturated heterocycles. The maximum Gasteiger partial charge on any atom is 0.161 e. The van der Waals surface area contributed by atoms with Gasteiger partial charge in [0, 0.05) is 5.54 Å². The minimum Gasteiger partial charge on any atom is -0.377 e. The van der Waals surface area contributed by atoms with E-state index in [1.165, 1.54) is 12.8 Å². The minimum absolute atomic E-state index is 0.0194. The second-order valence-corrected chi connectivity index (χ2v) is 5.59. The van der Waals surface area contributed by atoms with Crippen LogP contribution in [-0.4, -0.2) is 5.54 Å². The summed E-state index contributed by atoms with van der Waals surface area (Å²) in [5.74, 6) is -0.378. The van der Waals surface area contributed by atoms with E-state index < -0.39 is 0 Å². The number of nitrogens with one attached hydrogen (secondary N) is 1. The van der Waals surface area contributed by atoms with E-state index in [0.717, 1.165) is 12.8 Å². The zero-order chi connectivity index (χ0) is 12.5. The molecule has 1 aliphatic carbocycles. The van der Waals surface area contributed by atoms with Crippen LogP contribution >= 0.6 is 15.9 Å². The van der Waals surface area contributed by atoms with Crippen LogP contribution in [0, 0.1) is 17.1 Å². The van der Waals surface area contributed by atoms with E-state index in [-0.39, 0.29) is 15.8 Å². The van der Waals surface area contributed by atoms with Gasteiger partial charge in [0.05, 0.1) is 15.7 Å². The molecule has 17 heavy (non-hydrogen) atoms. The van der Waals surface area contributed by atoms with Gasteiger partial charge < -0.3 is 5.32 Å². The number of halogens is 2. The molecule has 0 unspecified atom stereocenters. The molecule has 0 amide bonds. The Morgan fingerprint density at radius 3 is 2.65 bits per heavy atom. The summed E-state index contributed by atoms with van der Waals surface area (Å²) in [6, 6.07) is 5.23. The monoisotopic (exact) mass is 296 g/mol. The predicted molar refractivity (Wildman–Crippen MR) is 69.3 cm³/mol. The van der Waals surface area contributed by atoms with Crippen molar-refractivity contribution in [2.75, 3.05) is 5.32 Å². The zero-order valence-corrected chi connectivity index (χ0v) is 11.3. The van der Waals surface area contributed by atoms with Crippen molar-refractivity contribution in [3.63, 3.8) is 0 Å². The van der Waals surface area contributed by atoms with Crippen LogP contribution in [0.15, 0.2) is 16.6 Å². The zero-order valence-electron chi connectivity index (χ0n) is 9.69. The topological polar surface area (TPSA) is 35.8 Å². The van der Waals surface area contributed by atoms with Crippen molar-refractivity contribution < 1.29 is 4.39 Å². The molecule has 1 N–H and O–H groups in total. The van der Waals surface area contributed by atoms with Crippen molar-refractivity contribution >= 4 is 21.6 Å². The molecule has 2 rings (SSSR count). The highest BCUT2D eigenvalue weighted by molar-refractivity contribution is 9.10. The standard InChI is InChI=1S/C13H14BrFN2/c1-13(6-2-3-7-13)17-10-5-4-9(8-16)11(14)12(10)15/h4-5,17H,2-3,6-7H2,1H3. The fourth-order valence-electron chi connectivity index (χ4n) is 2.34. The van der Waals surface area contributed by atoms with Gasteiger partial charge in [-0.25, -0.2) is 4.39 Å². The molecular formula is C13H14BrFN2. The van der Waals surface area contributed by atoms with E-state index in [4.69, 9.17) is 5.26 Å². The predicted octanol–water partition coefficient (Wildman–Crippen LogP) is 4.20. The molecule has 4 heteroatoms. The molecule has 0 aliphatic heterocycles. The van der Waals surface area contributed by atoms with E-state index in [1.54, 1.807) is 12.1 Å². The molecule has 1 saturated carbocycles. The Morgan fingerprint density at radius 1 is 1.41 bits per heavy atom. The summed E-state index contributed by atoms with van der Waals surface area (Å²) in [5, 5.41) is 12.1. The third-order valence-corrected chi connectivity index (χ3v) is 4.12. The lowest BCUT2D eigenvalue weighted by molar-refractivity contribution is 0.524. The molecule has 0 spiro atoms. The lowest BCUT2D eigenvalue weighted by atomic mass is 10.00. The van der Waals surface area contributed by atoms with Gasteiger partial charge in [-0.05, 0) is 47.8 Å². The third kappa shape index (κ3) is 2.44. The van der Waals surface area contributed by atoms with E-state index in [2.05, 4.69) is 28.2 Å². The van der Waals surface area contributed by atoms with Crippen LogP contribution in [-0.2, 0) is 0 Å². The second-order valence-electron chi connectivity index (χ2n) is 4.79. The van der Waals surface area contributed by atoms with Crippen LogP contribution in [0.25, 0.3) is 0 Å². The maximum absolute atomic E-state index is 14.0. The van der Waals surface area contributed by atoms with Crippen LogP contribution in [0.3, 0.4) is 0 Å². The Balaban J connectivity index is 2.28. The molecule has 0 radical (unpaired) electrons. The van der Waals surface area contributed by atoms with Crippen molar-refractivity contribution in [2.45, 2.75) is 38.1 Å². The number of benzene rings is 1. The van der Waals surface area contributed by atoms with Crippen molar-refractivity contribution in [2.24, 2.45) is 0 Å². The Morgan fingerprint density at radius 2 is 2.06 bits per heavy atom. The normalized spacial score (nSPS) is 17.8. The van der Waals surface area contributed by atoms with Crippen LogP contribution < -0.4 is 5.32 Å².